The van der Waals surface area contributed by atoms with E-state index in [1.165, 1.54) is 0 Å². The number of benzene rings is 1. The molecule has 2 rings (SSSR count). The Morgan fingerprint density at radius 1 is 1.21 bits per heavy atom. The van der Waals surface area contributed by atoms with E-state index in [0.29, 0.717) is 11.3 Å². The molecule has 3 N–H and O–H groups in total. The summed E-state index contributed by atoms with van der Waals surface area (Å²) in [5, 5.41) is 18.9. The summed E-state index contributed by atoms with van der Waals surface area (Å²) in [5.41, 5.74) is 0.374. The standard InChI is InChI=1S/C17H18N4O6S/c1-2-27-16(26)10-3-5-11(6-4-10)18-13(22)9-28-17-19-15(25)12(20-21-17)7-8-14(23)24/h3-6H,2,7-9H2,1H3,(H,18,22)(H,23,24)(H,19,21,25). The Hall–Kier alpha value is -3.21. The number of thioether (sulfide) groups is 1. The molecular weight excluding hydrogens is 388 g/mol. The largest absolute Gasteiger partial charge is 0.481 e. The fraction of sp³-hybridized carbons (Fsp3) is 0.294. The second-order valence-corrected chi connectivity index (χ2v) is 6.40. The van der Waals surface area contributed by atoms with E-state index < -0.39 is 17.5 Å². The van der Waals surface area contributed by atoms with Crippen molar-refractivity contribution in [3.05, 3.63) is 45.9 Å². The number of amides is 1. The van der Waals surface area contributed by atoms with Gasteiger partial charge in [0.25, 0.3) is 5.56 Å². The van der Waals surface area contributed by atoms with Gasteiger partial charge in [-0.15, -0.1) is 10.2 Å². The quantitative estimate of drug-likeness (QED) is 0.410. The van der Waals surface area contributed by atoms with Gasteiger partial charge in [-0.1, -0.05) is 11.8 Å². The molecule has 2 aromatic rings. The Labute approximate surface area is 163 Å². The third kappa shape index (κ3) is 6.50. The van der Waals surface area contributed by atoms with Gasteiger partial charge in [-0.2, -0.15) is 0 Å². The van der Waals surface area contributed by atoms with Gasteiger partial charge in [0, 0.05) is 12.1 Å². The number of esters is 1. The van der Waals surface area contributed by atoms with Crippen molar-refractivity contribution >= 4 is 35.3 Å². The van der Waals surface area contributed by atoms with Crippen LogP contribution in [0.1, 0.15) is 29.4 Å². The Balaban J connectivity index is 1.87. The zero-order valence-electron chi connectivity index (χ0n) is 14.9. The number of hydrogen-bond acceptors (Lipinski definition) is 8. The Bertz CT molecular complexity index is 913. The fourth-order valence-electron chi connectivity index (χ4n) is 2.03. The molecule has 0 fully saturated rings. The number of carboxylic acid groups (broad SMARTS) is 1. The number of aliphatic carboxylic acids is 1. The number of hydrogen-bond donors (Lipinski definition) is 3. The summed E-state index contributed by atoms with van der Waals surface area (Å²) < 4.78 is 4.88. The van der Waals surface area contributed by atoms with Crippen LogP contribution in [-0.4, -0.2) is 50.5 Å². The highest BCUT2D eigenvalue weighted by molar-refractivity contribution is 7.99. The smallest absolute Gasteiger partial charge is 0.338 e. The van der Waals surface area contributed by atoms with Crippen LogP contribution in [0, 0.1) is 0 Å². The number of aryl methyl sites for hydroxylation is 1. The number of nitrogens with zero attached hydrogens (tertiary/aromatic N) is 2. The summed E-state index contributed by atoms with van der Waals surface area (Å²) in [6.45, 7) is 1.99. The average Bonchev–Trinajstić information content (AvgIpc) is 2.66. The number of aromatic nitrogens is 3. The molecule has 148 valence electrons. The monoisotopic (exact) mass is 406 g/mol. The van der Waals surface area contributed by atoms with E-state index in [4.69, 9.17) is 9.84 Å². The first kappa shape index (κ1) is 21.1. The third-order valence-corrected chi connectivity index (χ3v) is 4.20. The molecule has 0 bridgehead atoms. The lowest BCUT2D eigenvalue weighted by atomic mass is 10.2. The zero-order chi connectivity index (χ0) is 20.5. The van der Waals surface area contributed by atoms with Crippen molar-refractivity contribution in [1.29, 1.82) is 0 Å². The van der Waals surface area contributed by atoms with Gasteiger partial charge in [-0.3, -0.25) is 19.4 Å². The molecule has 0 saturated heterocycles. The van der Waals surface area contributed by atoms with Crippen LogP contribution in [0.2, 0.25) is 0 Å². The maximum Gasteiger partial charge on any atom is 0.338 e. The number of rotatable bonds is 9. The van der Waals surface area contributed by atoms with E-state index in [-0.39, 0.29) is 42.0 Å². The van der Waals surface area contributed by atoms with Gasteiger partial charge < -0.3 is 15.2 Å². The van der Waals surface area contributed by atoms with Crippen LogP contribution in [0.4, 0.5) is 5.69 Å². The molecule has 0 saturated carbocycles. The van der Waals surface area contributed by atoms with Gasteiger partial charge in [0.15, 0.2) is 5.16 Å². The maximum atomic E-state index is 12.0. The fourth-order valence-corrected chi connectivity index (χ4v) is 2.64. The lowest BCUT2D eigenvalue weighted by molar-refractivity contribution is -0.137. The van der Waals surface area contributed by atoms with Crippen LogP contribution in [0.3, 0.4) is 0 Å². The van der Waals surface area contributed by atoms with Crippen molar-refractivity contribution in [1.82, 2.24) is 15.2 Å². The van der Waals surface area contributed by atoms with E-state index in [2.05, 4.69) is 20.5 Å². The molecule has 28 heavy (non-hydrogen) atoms. The maximum absolute atomic E-state index is 12.0. The minimum atomic E-state index is -1.04. The molecule has 0 spiro atoms. The van der Waals surface area contributed by atoms with Crippen LogP contribution in [-0.2, 0) is 20.7 Å². The van der Waals surface area contributed by atoms with Crippen molar-refractivity contribution in [2.75, 3.05) is 17.7 Å². The highest BCUT2D eigenvalue weighted by Crippen LogP contribution is 2.13. The summed E-state index contributed by atoms with van der Waals surface area (Å²) in [4.78, 5) is 48.4. The van der Waals surface area contributed by atoms with E-state index in [1.807, 2.05) is 0 Å². The van der Waals surface area contributed by atoms with Crippen LogP contribution in [0.25, 0.3) is 0 Å². The van der Waals surface area contributed by atoms with Crippen molar-refractivity contribution in [2.45, 2.75) is 24.9 Å². The molecule has 0 aliphatic rings. The first-order valence-corrected chi connectivity index (χ1v) is 9.25. The lowest BCUT2D eigenvalue weighted by Crippen LogP contribution is -2.19. The number of H-pyrrole nitrogens is 1. The van der Waals surface area contributed by atoms with Gasteiger partial charge in [0.05, 0.1) is 24.3 Å². The molecule has 0 aliphatic heterocycles. The molecule has 0 aliphatic carbocycles. The van der Waals surface area contributed by atoms with Crippen molar-refractivity contribution in [3.8, 4) is 0 Å². The number of carbonyl (C=O) groups excluding carboxylic acids is 2. The van der Waals surface area contributed by atoms with Crippen molar-refractivity contribution < 1.29 is 24.2 Å². The minimum Gasteiger partial charge on any atom is -0.481 e. The second kappa shape index (κ2) is 10.2. The molecule has 1 aromatic carbocycles. The molecule has 0 atom stereocenters. The predicted octanol–water partition coefficient (Wildman–Crippen LogP) is 1.09. The van der Waals surface area contributed by atoms with Crippen molar-refractivity contribution in [2.24, 2.45) is 0 Å². The highest BCUT2D eigenvalue weighted by Gasteiger charge is 2.10. The molecule has 0 radical (unpaired) electrons. The van der Waals surface area contributed by atoms with E-state index in [9.17, 15) is 19.2 Å². The van der Waals surface area contributed by atoms with E-state index >= 15 is 0 Å². The van der Waals surface area contributed by atoms with E-state index in [1.54, 1.807) is 31.2 Å². The summed E-state index contributed by atoms with van der Waals surface area (Å²) in [5.74, 6) is -1.85. The summed E-state index contributed by atoms with van der Waals surface area (Å²) in [6, 6.07) is 6.24. The SMILES string of the molecule is CCOC(=O)c1ccc(NC(=O)CSc2nnc(CCC(=O)O)c(=O)[nH]2)cc1. The molecule has 1 aromatic heterocycles. The van der Waals surface area contributed by atoms with Gasteiger partial charge in [0.2, 0.25) is 5.91 Å². The number of nitrogens with one attached hydrogen (secondary N) is 2. The first-order valence-electron chi connectivity index (χ1n) is 8.26. The molecule has 0 unspecified atom stereocenters. The number of anilines is 1. The molecule has 1 heterocycles. The molecule has 10 nitrogen and oxygen atoms in total. The highest BCUT2D eigenvalue weighted by atomic mass is 32.2. The first-order chi connectivity index (χ1) is 13.4. The van der Waals surface area contributed by atoms with Gasteiger partial charge in [-0.05, 0) is 31.2 Å². The Kier molecular flexibility index (Phi) is 7.69. The zero-order valence-corrected chi connectivity index (χ0v) is 15.7. The topological polar surface area (TPSA) is 151 Å². The normalized spacial score (nSPS) is 10.3. The van der Waals surface area contributed by atoms with Gasteiger partial charge >= 0.3 is 11.9 Å². The van der Waals surface area contributed by atoms with Gasteiger partial charge in [-0.25, -0.2) is 4.79 Å². The average molecular weight is 406 g/mol. The Morgan fingerprint density at radius 3 is 2.54 bits per heavy atom. The van der Waals surface area contributed by atoms with Crippen LogP contribution >= 0.6 is 11.8 Å². The Morgan fingerprint density at radius 2 is 1.93 bits per heavy atom. The number of carbonyl (C=O) groups is 3. The van der Waals surface area contributed by atoms with E-state index in [0.717, 1.165) is 11.8 Å². The second-order valence-electron chi connectivity index (χ2n) is 5.43. The van der Waals surface area contributed by atoms with Gasteiger partial charge in [0.1, 0.15) is 5.69 Å². The van der Waals surface area contributed by atoms with Crippen LogP contribution in [0.15, 0.2) is 34.2 Å². The summed E-state index contributed by atoms with van der Waals surface area (Å²) in [6.07, 6.45) is -0.244. The predicted molar refractivity (Wildman–Crippen MR) is 100 cm³/mol. The minimum absolute atomic E-state index is 0.0229. The number of carboxylic acids is 1. The van der Waals surface area contributed by atoms with Crippen LogP contribution in [0.5, 0.6) is 0 Å². The lowest BCUT2D eigenvalue weighted by Gasteiger charge is -2.06. The molecular formula is C17H18N4O6S. The third-order valence-electron chi connectivity index (χ3n) is 3.34. The number of aromatic amines is 1. The van der Waals surface area contributed by atoms with Crippen molar-refractivity contribution in [3.63, 3.8) is 0 Å². The molecule has 11 heteroatoms. The summed E-state index contributed by atoms with van der Waals surface area (Å²) >= 11 is 0.978. The molecule has 1 amide bonds. The summed E-state index contributed by atoms with van der Waals surface area (Å²) in [7, 11) is 0. The number of ether oxygens (including phenoxy) is 1. The van der Waals surface area contributed by atoms with Crippen LogP contribution < -0.4 is 10.9 Å².